The maximum atomic E-state index is 13.0. The maximum Gasteiger partial charge on any atom is 0.310 e. The van der Waals surface area contributed by atoms with E-state index >= 15 is 0 Å². The molecule has 7 heteroatoms. The van der Waals surface area contributed by atoms with Crippen molar-refractivity contribution < 1.29 is 23.5 Å². The molecule has 146 valence electrons. The number of benzene rings is 1. The topological polar surface area (TPSA) is 66.9 Å². The quantitative estimate of drug-likeness (QED) is 0.737. The Kier molecular flexibility index (Phi) is 6.08. The Hall–Kier alpha value is -2.44. The lowest BCUT2D eigenvalue weighted by Crippen LogP contribution is -2.45. The van der Waals surface area contributed by atoms with Crippen molar-refractivity contribution in [1.82, 2.24) is 9.80 Å². The summed E-state index contributed by atoms with van der Waals surface area (Å²) >= 11 is 0. The highest BCUT2D eigenvalue weighted by Gasteiger charge is 2.38. The highest BCUT2D eigenvalue weighted by molar-refractivity contribution is 5.89. The van der Waals surface area contributed by atoms with E-state index < -0.39 is 0 Å². The van der Waals surface area contributed by atoms with Gasteiger partial charge in [-0.05, 0) is 37.5 Å². The first-order chi connectivity index (χ1) is 13.0. The van der Waals surface area contributed by atoms with Gasteiger partial charge in [0, 0.05) is 32.6 Å². The minimum absolute atomic E-state index is 0.0704. The van der Waals surface area contributed by atoms with Crippen LogP contribution in [0.2, 0.25) is 0 Å². The molecule has 3 rings (SSSR count). The number of carbonyl (C=O) groups is 3. The molecule has 0 N–H and O–H groups in total. The predicted octanol–water partition coefficient (Wildman–Crippen LogP) is 1.98. The molecule has 0 bridgehead atoms. The molecule has 1 aromatic carbocycles. The fourth-order valence-corrected chi connectivity index (χ4v) is 3.79. The third-order valence-corrected chi connectivity index (χ3v) is 5.20. The maximum absolute atomic E-state index is 13.0. The van der Waals surface area contributed by atoms with Crippen molar-refractivity contribution >= 4 is 17.8 Å². The Morgan fingerprint density at radius 1 is 1.19 bits per heavy atom. The summed E-state index contributed by atoms with van der Waals surface area (Å²) in [6, 6.07) is 6.02. The van der Waals surface area contributed by atoms with Gasteiger partial charge in [0.2, 0.25) is 11.8 Å². The summed E-state index contributed by atoms with van der Waals surface area (Å²) < 4.78 is 18.1. The van der Waals surface area contributed by atoms with E-state index in [9.17, 15) is 18.8 Å². The van der Waals surface area contributed by atoms with Gasteiger partial charge in [0.05, 0.1) is 18.4 Å². The van der Waals surface area contributed by atoms with E-state index in [2.05, 4.69) is 0 Å². The number of amides is 2. The van der Waals surface area contributed by atoms with Crippen LogP contribution in [0, 0.1) is 17.7 Å². The van der Waals surface area contributed by atoms with Crippen molar-refractivity contribution in [1.29, 1.82) is 0 Å². The number of piperidine rings is 1. The lowest BCUT2D eigenvalue weighted by atomic mass is 9.96. The van der Waals surface area contributed by atoms with Crippen LogP contribution in [0.4, 0.5) is 4.39 Å². The van der Waals surface area contributed by atoms with Gasteiger partial charge in [-0.25, -0.2) is 4.39 Å². The van der Waals surface area contributed by atoms with Gasteiger partial charge in [-0.15, -0.1) is 0 Å². The summed E-state index contributed by atoms with van der Waals surface area (Å²) in [5, 5.41) is 0. The van der Waals surface area contributed by atoms with Gasteiger partial charge in [0.1, 0.15) is 5.82 Å². The molecular weight excluding hydrogens is 351 g/mol. The number of nitrogens with zero attached hydrogens (tertiary/aromatic N) is 2. The molecule has 2 fully saturated rings. The van der Waals surface area contributed by atoms with Crippen molar-refractivity contribution in [2.45, 2.75) is 32.7 Å². The normalized spacial score (nSPS) is 22.8. The Morgan fingerprint density at radius 2 is 1.93 bits per heavy atom. The van der Waals surface area contributed by atoms with Crippen LogP contribution in [0.15, 0.2) is 24.3 Å². The van der Waals surface area contributed by atoms with Gasteiger partial charge < -0.3 is 14.5 Å². The Bertz CT molecular complexity index is 706. The Morgan fingerprint density at radius 3 is 2.63 bits per heavy atom. The fraction of sp³-hybridized carbons (Fsp3) is 0.550. The molecule has 0 aromatic heterocycles. The van der Waals surface area contributed by atoms with Crippen LogP contribution in [0.5, 0.6) is 0 Å². The van der Waals surface area contributed by atoms with Crippen LogP contribution >= 0.6 is 0 Å². The molecule has 0 radical (unpaired) electrons. The summed E-state index contributed by atoms with van der Waals surface area (Å²) in [5.41, 5.74) is 0.832. The summed E-state index contributed by atoms with van der Waals surface area (Å²) in [5.74, 6) is -1.39. The van der Waals surface area contributed by atoms with E-state index in [-0.39, 0.29) is 41.9 Å². The van der Waals surface area contributed by atoms with Crippen LogP contribution in [0.25, 0.3) is 0 Å². The molecule has 2 heterocycles. The summed E-state index contributed by atoms with van der Waals surface area (Å²) in [6.07, 6.45) is 1.67. The van der Waals surface area contributed by atoms with Gasteiger partial charge in [-0.3, -0.25) is 14.4 Å². The zero-order valence-corrected chi connectivity index (χ0v) is 15.5. The number of likely N-dealkylation sites (tertiary alicyclic amines) is 2. The van der Waals surface area contributed by atoms with Crippen molar-refractivity contribution in [3.8, 4) is 0 Å². The lowest BCUT2D eigenvalue weighted by molar-refractivity contribution is -0.152. The minimum Gasteiger partial charge on any atom is -0.466 e. The molecule has 2 aliphatic heterocycles. The molecule has 6 nitrogen and oxygen atoms in total. The zero-order valence-electron chi connectivity index (χ0n) is 15.5. The van der Waals surface area contributed by atoms with E-state index in [1.165, 1.54) is 12.1 Å². The molecule has 2 atom stereocenters. The molecule has 1 aromatic rings. The fourth-order valence-electron chi connectivity index (χ4n) is 3.79. The van der Waals surface area contributed by atoms with Gasteiger partial charge in [0.15, 0.2) is 0 Å². The van der Waals surface area contributed by atoms with Crippen LogP contribution in [-0.4, -0.2) is 53.8 Å². The van der Waals surface area contributed by atoms with E-state index in [4.69, 9.17) is 4.74 Å². The third-order valence-electron chi connectivity index (χ3n) is 5.20. The number of esters is 1. The predicted molar refractivity (Wildman–Crippen MR) is 95.9 cm³/mol. The average molecular weight is 376 g/mol. The molecule has 0 saturated carbocycles. The monoisotopic (exact) mass is 376 g/mol. The summed E-state index contributed by atoms with van der Waals surface area (Å²) in [6.45, 7) is 3.80. The SMILES string of the molecule is CCOC(=O)[C@H]1CCCN(C(=O)[C@H]2CC(=O)N(Cc3ccc(F)cc3)C2)C1. The molecule has 2 aliphatic rings. The van der Waals surface area contributed by atoms with Crippen LogP contribution in [0.3, 0.4) is 0 Å². The molecule has 0 unspecified atom stereocenters. The smallest absolute Gasteiger partial charge is 0.310 e. The molecule has 2 amide bonds. The molecule has 27 heavy (non-hydrogen) atoms. The van der Waals surface area contributed by atoms with Crippen molar-refractivity contribution in [3.63, 3.8) is 0 Å². The summed E-state index contributed by atoms with van der Waals surface area (Å²) in [4.78, 5) is 40.5. The van der Waals surface area contributed by atoms with Crippen LogP contribution in [0.1, 0.15) is 31.7 Å². The molecular formula is C20H25FN2O4. The van der Waals surface area contributed by atoms with E-state index in [1.807, 2.05) is 0 Å². The highest BCUT2D eigenvalue weighted by Crippen LogP contribution is 2.25. The Balaban J connectivity index is 1.58. The van der Waals surface area contributed by atoms with Crippen molar-refractivity contribution in [3.05, 3.63) is 35.6 Å². The zero-order chi connectivity index (χ0) is 19.4. The van der Waals surface area contributed by atoms with Crippen LogP contribution in [-0.2, 0) is 25.7 Å². The molecule has 0 spiro atoms. The highest BCUT2D eigenvalue weighted by atomic mass is 19.1. The minimum atomic E-state index is -0.390. The summed E-state index contributed by atoms with van der Waals surface area (Å²) in [7, 11) is 0. The lowest BCUT2D eigenvalue weighted by Gasteiger charge is -2.33. The molecule has 2 saturated heterocycles. The average Bonchev–Trinajstić information content (AvgIpc) is 3.04. The van der Waals surface area contributed by atoms with Crippen molar-refractivity contribution in [2.75, 3.05) is 26.2 Å². The number of carbonyl (C=O) groups excluding carboxylic acids is 3. The molecule has 0 aliphatic carbocycles. The number of hydrogen-bond acceptors (Lipinski definition) is 4. The number of halogens is 1. The van der Waals surface area contributed by atoms with Gasteiger partial charge in [0.25, 0.3) is 0 Å². The van der Waals surface area contributed by atoms with E-state index in [0.29, 0.717) is 32.8 Å². The number of rotatable bonds is 5. The first-order valence-corrected chi connectivity index (χ1v) is 9.45. The Labute approximate surface area is 158 Å². The second-order valence-electron chi connectivity index (χ2n) is 7.18. The van der Waals surface area contributed by atoms with E-state index in [0.717, 1.165) is 18.4 Å². The first-order valence-electron chi connectivity index (χ1n) is 9.45. The van der Waals surface area contributed by atoms with Gasteiger partial charge >= 0.3 is 5.97 Å². The van der Waals surface area contributed by atoms with E-state index in [1.54, 1.807) is 28.9 Å². The first kappa shape index (κ1) is 19.3. The number of hydrogen-bond donors (Lipinski definition) is 0. The van der Waals surface area contributed by atoms with Gasteiger partial charge in [-0.2, -0.15) is 0 Å². The third kappa shape index (κ3) is 4.64. The van der Waals surface area contributed by atoms with Crippen LogP contribution < -0.4 is 0 Å². The second kappa shape index (κ2) is 8.50. The largest absolute Gasteiger partial charge is 0.466 e. The standard InChI is InChI=1S/C20H25FN2O4/c1-2-27-20(26)15-4-3-9-22(12-15)19(25)16-10-18(24)23(13-16)11-14-5-7-17(21)8-6-14/h5-8,15-16H,2-4,9-13H2,1H3/t15-,16-/m0/s1. The number of ether oxygens (including phenoxy) is 1. The van der Waals surface area contributed by atoms with Crippen molar-refractivity contribution in [2.24, 2.45) is 11.8 Å². The van der Waals surface area contributed by atoms with Gasteiger partial charge in [-0.1, -0.05) is 12.1 Å². The second-order valence-corrected chi connectivity index (χ2v) is 7.18.